The number of carboxylic acids is 2. The van der Waals surface area contributed by atoms with Gasteiger partial charge in [0.15, 0.2) is 0 Å². The number of urea groups is 1. The molecule has 1 aliphatic rings. The highest BCUT2D eigenvalue weighted by Gasteiger charge is 2.37. The largest absolute Gasteiger partial charge is 0.481 e. The predicted molar refractivity (Wildman–Crippen MR) is 123 cm³/mol. The van der Waals surface area contributed by atoms with Crippen LogP contribution in [0.2, 0.25) is 0 Å². The molecule has 0 saturated heterocycles. The second kappa shape index (κ2) is 13.1. The third kappa shape index (κ3) is 7.24. The zero-order valence-corrected chi connectivity index (χ0v) is 19.5. The molecule has 2 N–H and O–H groups in total. The normalized spacial score (nSPS) is 16.3. The lowest BCUT2D eigenvalue weighted by atomic mass is 9.94. The summed E-state index contributed by atoms with van der Waals surface area (Å²) in [6, 6.07) is 6.20. The maximum atomic E-state index is 13.3. The van der Waals surface area contributed by atoms with Crippen molar-refractivity contribution in [3.8, 4) is 0 Å². The molecular formula is C25H38N2O5. The molecule has 0 aromatic heterocycles. The molecular weight excluding hydrogens is 408 g/mol. The van der Waals surface area contributed by atoms with E-state index in [1.165, 1.54) is 35.5 Å². The Labute approximate surface area is 191 Å². The van der Waals surface area contributed by atoms with Crippen molar-refractivity contribution in [3.05, 3.63) is 35.4 Å². The molecule has 1 heterocycles. The van der Waals surface area contributed by atoms with Crippen molar-refractivity contribution >= 4 is 18.0 Å². The van der Waals surface area contributed by atoms with Crippen LogP contribution in [0, 0.1) is 5.92 Å². The van der Waals surface area contributed by atoms with Crippen molar-refractivity contribution in [1.82, 2.24) is 9.80 Å². The van der Waals surface area contributed by atoms with Gasteiger partial charge in [-0.05, 0) is 24.5 Å². The monoisotopic (exact) mass is 446 g/mol. The number of carbonyl (C=O) groups is 3. The third-order valence-corrected chi connectivity index (χ3v) is 6.38. The molecule has 2 atom stereocenters. The minimum Gasteiger partial charge on any atom is -0.481 e. The number of fused-ring (bicyclic) bond motifs is 1. The molecule has 0 radical (unpaired) electrons. The Morgan fingerprint density at radius 1 is 1.00 bits per heavy atom. The van der Waals surface area contributed by atoms with Gasteiger partial charge < -0.3 is 20.0 Å². The van der Waals surface area contributed by atoms with E-state index in [0.29, 0.717) is 13.0 Å². The highest BCUT2D eigenvalue weighted by molar-refractivity contribution is 5.84. The van der Waals surface area contributed by atoms with E-state index in [-0.39, 0.29) is 19.5 Å². The minimum absolute atomic E-state index is 0.102. The summed E-state index contributed by atoms with van der Waals surface area (Å²) in [5.74, 6) is -2.59. The number of benzene rings is 1. The number of hydrogen-bond donors (Lipinski definition) is 2. The summed E-state index contributed by atoms with van der Waals surface area (Å²) in [4.78, 5) is 39.9. The number of nitrogens with zero attached hydrogens (tertiary/aromatic N) is 2. The topological polar surface area (TPSA) is 98.2 Å². The van der Waals surface area contributed by atoms with Crippen LogP contribution in [0.4, 0.5) is 4.79 Å². The van der Waals surface area contributed by atoms with Gasteiger partial charge in [-0.15, -0.1) is 0 Å². The molecule has 0 unspecified atom stereocenters. The van der Waals surface area contributed by atoms with Gasteiger partial charge in [-0.2, -0.15) is 0 Å². The van der Waals surface area contributed by atoms with E-state index in [4.69, 9.17) is 0 Å². The Kier molecular flexibility index (Phi) is 10.5. The summed E-state index contributed by atoms with van der Waals surface area (Å²) >= 11 is 0. The molecule has 0 aliphatic carbocycles. The Bertz CT molecular complexity index is 766. The molecule has 2 amide bonds. The smallest absolute Gasteiger partial charge is 0.326 e. The first-order valence-corrected chi connectivity index (χ1v) is 12.0. The summed E-state index contributed by atoms with van der Waals surface area (Å²) in [6.45, 7) is 4.64. The van der Waals surface area contributed by atoms with E-state index < -0.39 is 29.9 Å². The zero-order valence-electron chi connectivity index (χ0n) is 19.5. The number of unbranched alkanes of at least 4 members (excludes halogenated alkanes) is 6. The lowest BCUT2D eigenvalue weighted by Gasteiger charge is -2.38. The average molecular weight is 447 g/mol. The standard InChI is InChI=1S/C25H38N2O5/c1-3-5-6-7-8-9-10-15-21(23(28)29)17-26(4-2)25(32)27-18-20-14-12-11-13-19(20)16-22(27)24(30)31/h11-14,21-22H,3-10,15-18H2,1-2H3,(H,28,29)(H,30,31)/t21-,22+/m1/s1. The Balaban J connectivity index is 1.99. The minimum atomic E-state index is -1.04. The van der Waals surface area contributed by atoms with E-state index in [9.17, 15) is 24.6 Å². The van der Waals surface area contributed by atoms with Crippen LogP contribution in [-0.2, 0) is 22.6 Å². The fourth-order valence-electron chi connectivity index (χ4n) is 4.38. The van der Waals surface area contributed by atoms with E-state index >= 15 is 0 Å². The molecule has 7 heteroatoms. The van der Waals surface area contributed by atoms with Crippen LogP contribution >= 0.6 is 0 Å². The van der Waals surface area contributed by atoms with Gasteiger partial charge in [-0.3, -0.25) is 4.79 Å². The number of carboxylic acid groups (broad SMARTS) is 2. The Morgan fingerprint density at radius 2 is 1.62 bits per heavy atom. The first-order chi connectivity index (χ1) is 15.4. The molecule has 0 spiro atoms. The molecule has 1 aromatic rings. The quantitative estimate of drug-likeness (QED) is 0.425. The van der Waals surface area contributed by atoms with Crippen molar-refractivity contribution < 1.29 is 24.6 Å². The average Bonchev–Trinajstić information content (AvgIpc) is 2.78. The van der Waals surface area contributed by atoms with Crippen LogP contribution in [0.3, 0.4) is 0 Å². The van der Waals surface area contributed by atoms with Crippen LogP contribution < -0.4 is 0 Å². The number of aliphatic carboxylic acids is 2. The van der Waals surface area contributed by atoms with Crippen LogP contribution in [-0.4, -0.2) is 57.1 Å². The second-order valence-electron chi connectivity index (χ2n) is 8.72. The maximum Gasteiger partial charge on any atom is 0.326 e. The number of rotatable bonds is 13. The molecule has 178 valence electrons. The van der Waals surface area contributed by atoms with Crippen LogP contribution in [0.1, 0.15) is 76.3 Å². The number of carbonyl (C=O) groups excluding carboxylic acids is 1. The van der Waals surface area contributed by atoms with E-state index in [0.717, 1.165) is 30.4 Å². The zero-order chi connectivity index (χ0) is 23.5. The summed E-state index contributed by atoms with van der Waals surface area (Å²) in [5.41, 5.74) is 1.88. The van der Waals surface area contributed by atoms with Gasteiger partial charge in [-0.1, -0.05) is 76.1 Å². The Morgan fingerprint density at radius 3 is 2.22 bits per heavy atom. The first kappa shape index (κ1) is 25.7. The fourth-order valence-corrected chi connectivity index (χ4v) is 4.38. The molecule has 7 nitrogen and oxygen atoms in total. The SMILES string of the molecule is CCCCCCCCC[C@H](CN(CC)C(=O)N1Cc2ccccc2C[C@H]1C(=O)O)C(=O)O. The van der Waals surface area contributed by atoms with Crippen LogP contribution in [0.15, 0.2) is 24.3 Å². The molecule has 2 rings (SSSR count). The van der Waals surface area contributed by atoms with Gasteiger partial charge in [0, 0.05) is 26.1 Å². The lowest BCUT2D eigenvalue weighted by Crippen LogP contribution is -2.54. The lowest BCUT2D eigenvalue weighted by molar-refractivity contribution is -0.144. The molecule has 1 aliphatic heterocycles. The van der Waals surface area contributed by atoms with E-state index in [1.54, 1.807) is 6.92 Å². The van der Waals surface area contributed by atoms with Gasteiger partial charge in [0.05, 0.1) is 5.92 Å². The molecule has 0 fully saturated rings. The molecule has 32 heavy (non-hydrogen) atoms. The number of amides is 2. The van der Waals surface area contributed by atoms with Crippen LogP contribution in [0.5, 0.6) is 0 Å². The van der Waals surface area contributed by atoms with Gasteiger partial charge in [0.1, 0.15) is 6.04 Å². The molecule has 0 saturated carbocycles. The third-order valence-electron chi connectivity index (χ3n) is 6.38. The predicted octanol–water partition coefficient (Wildman–Crippen LogP) is 4.78. The summed E-state index contributed by atoms with van der Waals surface area (Å²) in [5, 5.41) is 19.4. The van der Waals surface area contributed by atoms with Gasteiger partial charge in [0.25, 0.3) is 0 Å². The Hall–Kier alpha value is -2.57. The second-order valence-corrected chi connectivity index (χ2v) is 8.72. The highest BCUT2D eigenvalue weighted by Crippen LogP contribution is 2.25. The maximum absolute atomic E-state index is 13.3. The van der Waals surface area contributed by atoms with Crippen LogP contribution in [0.25, 0.3) is 0 Å². The summed E-state index contributed by atoms with van der Waals surface area (Å²) in [6.07, 6.45) is 8.56. The number of hydrogen-bond acceptors (Lipinski definition) is 3. The van der Waals surface area contributed by atoms with E-state index in [2.05, 4.69) is 6.92 Å². The van der Waals surface area contributed by atoms with Crippen molar-refractivity contribution in [2.45, 2.75) is 84.2 Å². The van der Waals surface area contributed by atoms with Crippen molar-refractivity contribution in [1.29, 1.82) is 0 Å². The fraction of sp³-hybridized carbons (Fsp3) is 0.640. The van der Waals surface area contributed by atoms with Crippen molar-refractivity contribution in [2.75, 3.05) is 13.1 Å². The van der Waals surface area contributed by atoms with Gasteiger partial charge in [-0.25, -0.2) is 9.59 Å². The van der Waals surface area contributed by atoms with Gasteiger partial charge >= 0.3 is 18.0 Å². The highest BCUT2D eigenvalue weighted by atomic mass is 16.4. The van der Waals surface area contributed by atoms with Crippen molar-refractivity contribution in [3.63, 3.8) is 0 Å². The summed E-state index contributed by atoms with van der Waals surface area (Å²) in [7, 11) is 0. The van der Waals surface area contributed by atoms with Gasteiger partial charge in [0.2, 0.25) is 0 Å². The van der Waals surface area contributed by atoms with Crippen molar-refractivity contribution in [2.24, 2.45) is 5.92 Å². The molecule has 0 bridgehead atoms. The first-order valence-electron chi connectivity index (χ1n) is 12.0. The summed E-state index contributed by atoms with van der Waals surface area (Å²) < 4.78 is 0. The molecule has 1 aromatic carbocycles. The van der Waals surface area contributed by atoms with E-state index in [1.807, 2.05) is 24.3 Å².